The zero-order valence-corrected chi connectivity index (χ0v) is 9.88. The van der Waals surface area contributed by atoms with E-state index in [2.05, 4.69) is 31.9 Å². The van der Waals surface area contributed by atoms with Gasteiger partial charge in [-0.1, -0.05) is 13.8 Å². The number of nitrogens with zero attached hydrogens (tertiary/aromatic N) is 2. The molecule has 0 heterocycles. The van der Waals surface area contributed by atoms with Crippen LogP contribution in [0, 0.1) is 17.2 Å². The van der Waals surface area contributed by atoms with E-state index in [0.29, 0.717) is 0 Å². The second-order valence-electron chi connectivity index (χ2n) is 4.77. The van der Waals surface area contributed by atoms with Crippen molar-refractivity contribution in [2.24, 2.45) is 11.7 Å². The van der Waals surface area contributed by atoms with Crippen molar-refractivity contribution in [3.63, 3.8) is 0 Å². The Morgan fingerprint density at radius 1 is 1.43 bits per heavy atom. The van der Waals surface area contributed by atoms with Crippen molar-refractivity contribution in [2.75, 3.05) is 20.1 Å². The predicted octanol–water partition coefficient (Wildman–Crippen LogP) is 1.60. The minimum atomic E-state index is -0.675. The van der Waals surface area contributed by atoms with Crippen LogP contribution >= 0.6 is 0 Å². The first-order valence-electron chi connectivity index (χ1n) is 5.26. The lowest BCUT2D eigenvalue weighted by Gasteiger charge is -2.22. The van der Waals surface area contributed by atoms with E-state index in [1.807, 2.05) is 0 Å². The molecule has 0 aromatic rings. The van der Waals surface area contributed by atoms with Crippen LogP contribution in [0.25, 0.3) is 0 Å². The number of rotatable bonds is 6. The third kappa shape index (κ3) is 6.88. The van der Waals surface area contributed by atoms with Gasteiger partial charge < -0.3 is 10.6 Å². The van der Waals surface area contributed by atoms with Gasteiger partial charge in [-0.2, -0.15) is 5.26 Å². The monoisotopic (exact) mass is 197 g/mol. The van der Waals surface area contributed by atoms with E-state index in [9.17, 15) is 0 Å². The Labute approximate surface area is 87.9 Å². The van der Waals surface area contributed by atoms with E-state index >= 15 is 0 Å². The molecule has 0 aromatic carbocycles. The maximum atomic E-state index is 8.73. The van der Waals surface area contributed by atoms with E-state index in [4.69, 9.17) is 11.0 Å². The van der Waals surface area contributed by atoms with Crippen LogP contribution in [0.2, 0.25) is 0 Å². The van der Waals surface area contributed by atoms with Crippen molar-refractivity contribution in [2.45, 2.75) is 39.2 Å². The van der Waals surface area contributed by atoms with Gasteiger partial charge in [-0.25, -0.2) is 0 Å². The SMILES string of the molecule is CC(C)CCN(C)CCC(C)(N)C#N. The molecule has 0 spiro atoms. The molecule has 2 N–H and O–H groups in total. The zero-order chi connectivity index (χ0) is 11.2. The van der Waals surface area contributed by atoms with Gasteiger partial charge in [0.2, 0.25) is 0 Å². The summed E-state index contributed by atoms with van der Waals surface area (Å²) in [6, 6.07) is 2.11. The standard InChI is InChI=1S/C11H23N3/c1-10(2)5-7-14(4)8-6-11(3,13)9-12/h10H,5-8,13H2,1-4H3. The molecule has 1 unspecified atom stereocenters. The van der Waals surface area contributed by atoms with E-state index in [-0.39, 0.29) is 0 Å². The number of hydrogen-bond acceptors (Lipinski definition) is 3. The molecule has 0 aliphatic rings. The lowest BCUT2D eigenvalue weighted by molar-refractivity contribution is 0.289. The Morgan fingerprint density at radius 2 is 2.00 bits per heavy atom. The Hall–Kier alpha value is -0.590. The smallest absolute Gasteiger partial charge is 0.102 e. The van der Waals surface area contributed by atoms with Crippen LogP contribution < -0.4 is 5.73 Å². The largest absolute Gasteiger partial charge is 0.314 e. The molecule has 0 saturated carbocycles. The summed E-state index contributed by atoms with van der Waals surface area (Å²) in [5.74, 6) is 0.734. The molecular weight excluding hydrogens is 174 g/mol. The molecule has 14 heavy (non-hydrogen) atoms. The van der Waals surface area contributed by atoms with Gasteiger partial charge in [-0.3, -0.25) is 0 Å². The van der Waals surface area contributed by atoms with Crippen LogP contribution in [0.3, 0.4) is 0 Å². The lowest BCUT2D eigenvalue weighted by atomic mass is 10.0. The fraction of sp³-hybridized carbons (Fsp3) is 0.909. The summed E-state index contributed by atoms with van der Waals surface area (Å²) in [7, 11) is 2.08. The summed E-state index contributed by atoms with van der Waals surface area (Å²) in [5, 5.41) is 8.73. The van der Waals surface area contributed by atoms with Crippen molar-refractivity contribution in [3.05, 3.63) is 0 Å². The first kappa shape index (κ1) is 13.4. The van der Waals surface area contributed by atoms with Gasteiger partial charge in [0, 0.05) is 6.54 Å². The third-order valence-corrected chi connectivity index (χ3v) is 2.36. The van der Waals surface area contributed by atoms with Gasteiger partial charge in [-0.15, -0.1) is 0 Å². The molecule has 0 radical (unpaired) electrons. The maximum Gasteiger partial charge on any atom is 0.102 e. The summed E-state index contributed by atoms with van der Waals surface area (Å²) in [6.07, 6.45) is 1.93. The highest BCUT2D eigenvalue weighted by atomic mass is 15.1. The summed E-state index contributed by atoms with van der Waals surface area (Å²) < 4.78 is 0. The van der Waals surface area contributed by atoms with Crippen LogP contribution in [-0.2, 0) is 0 Å². The Morgan fingerprint density at radius 3 is 2.43 bits per heavy atom. The number of nitrogens with two attached hydrogens (primary N) is 1. The Balaban J connectivity index is 3.65. The molecule has 1 atom stereocenters. The second-order valence-corrected chi connectivity index (χ2v) is 4.77. The molecule has 0 aliphatic heterocycles. The molecule has 0 aromatic heterocycles. The van der Waals surface area contributed by atoms with E-state index in [1.165, 1.54) is 6.42 Å². The highest BCUT2D eigenvalue weighted by Crippen LogP contribution is 2.06. The summed E-state index contributed by atoms with van der Waals surface area (Å²) >= 11 is 0. The predicted molar refractivity (Wildman–Crippen MR) is 59.8 cm³/mol. The summed E-state index contributed by atoms with van der Waals surface area (Å²) in [6.45, 7) is 8.20. The molecular formula is C11H23N3. The zero-order valence-electron chi connectivity index (χ0n) is 9.88. The van der Waals surface area contributed by atoms with Crippen LogP contribution in [0.4, 0.5) is 0 Å². The molecule has 3 nitrogen and oxygen atoms in total. The van der Waals surface area contributed by atoms with Crippen LogP contribution in [0.5, 0.6) is 0 Å². The van der Waals surface area contributed by atoms with Crippen LogP contribution in [-0.4, -0.2) is 30.6 Å². The van der Waals surface area contributed by atoms with Crippen LogP contribution in [0.15, 0.2) is 0 Å². The number of hydrogen-bond donors (Lipinski definition) is 1. The normalized spacial score (nSPS) is 15.6. The van der Waals surface area contributed by atoms with Gasteiger partial charge in [-0.05, 0) is 39.3 Å². The molecule has 3 heteroatoms. The number of nitriles is 1. The van der Waals surface area contributed by atoms with Crippen molar-refractivity contribution < 1.29 is 0 Å². The molecule has 82 valence electrons. The molecule has 0 aliphatic carbocycles. The molecule has 0 saturated heterocycles. The molecule has 0 amide bonds. The Bertz CT molecular complexity index is 191. The van der Waals surface area contributed by atoms with Crippen LogP contribution in [0.1, 0.15) is 33.6 Å². The second kappa shape index (κ2) is 6.00. The minimum Gasteiger partial charge on any atom is -0.314 e. The van der Waals surface area contributed by atoms with Gasteiger partial charge in [0.1, 0.15) is 5.54 Å². The van der Waals surface area contributed by atoms with Gasteiger partial charge in [0.05, 0.1) is 6.07 Å². The van der Waals surface area contributed by atoms with E-state index in [1.54, 1.807) is 6.92 Å². The average Bonchev–Trinajstić information content (AvgIpc) is 2.11. The maximum absolute atomic E-state index is 8.73. The fourth-order valence-electron chi connectivity index (χ4n) is 1.07. The van der Waals surface area contributed by atoms with Crippen molar-refractivity contribution >= 4 is 0 Å². The van der Waals surface area contributed by atoms with E-state index in [0.717, 1.165) is 25.4 Å². The molecule has 0 fully saturated rings. The van der Waals surface area contributed by atoms with Gasteiger partial charge in [0.25, 0.3) is 0 Å². The molecule has 0 bridgehead atoms. The Kier molecular flexibility index (Phi) is 5.75. The van der Waals surface area contributed by atoms with E-state index < -0.39 is 5.54 Å². The highest BCUT2D eigenvalue weighted by Gasteiger charge is 2.17. The summed E-state index contributed by atoms with van der Waals surface area (Å²) in [4.78, 5) is 2.24. The lowest BCUT2D eigenvalue weighted by Crippen LogP contribution is -2.38. The first-order valence-corrected chi connectivity index (χ1v) is 5.26. The summed E-state index contributed by atoms with van der Waals surface area (Å²) in [5.41, 5.74) is 5.06. The van der Waals surface area contributed by atoms with Crippen molar-refractivity contribution in [1.82, 2.24) is 4.90 Å². The average molecular weight is 197 g/mol. The molecule has 0 rings (SSSR count). The van der Waals surface area contributed by atoms with Crippen molar-refractivity contribution in [3.8, 4) is 6.07 Å². The van der Waals surface area contributed by atoms with Crippen molar-refractivity contribution in [1.29, 1.82) is 5.26 Å². The van der Waals surface area contributed by atoms with Gasteiger partial charge in [0.15, 0.2) is 0 Å². The quantitative estimate of drug-likeness (QED) is 0.703. The fourth-order valence-corrected chi connectivity index (χ4v) is 1.07. The first-order chi connectivity index (χ1) is 6.37. The topological polar surface area (TPSA) is 53.0 Å². The highest BCUT2D eigenvalue weighted by molar-refractivity contribution is 5.00. The third-order valence-electron chi connectivity index (χ3n) is 2.36. The minimum absolute atomic E-state index is 0.675. The van der Waals surface area contributed by atoms with Gasteiger partial charge >= 0.3 is 0 Å².